The van der Waals surface area contributed by atoms with E-state index in [1.807, 2.05) is 18.2 Å². The van der Waals surface area contributed by atoms with E-state index in [9.17, 15) is 5.11 Å². The number of aliphatic hydroxyl groups excluding tert-OH is 1. The monoisotopic (exact) mass is 284 g/mol. The maximum Gasteiger partial charge on any atom is 0.0629 e. The highest BCUT2D eigenvalue weighted by Gasteiger charge is 2.41. The fourth-order valence-corrected chi connectivity index (χ4v) is 2.76. The molecule has 88 valence electrons. The first-order chi connectivity index (χ1) is 7.68. The van der Waals surface area contributed by atoms with Crippen LogP contribution in [0.15, 0.2) is 28.7 Å². The van der Waals surface area contributed by atoms with Crippen LogP contribution in [0.1, 0.15) is 18.9 Å². The first-order valence-electron chi connectivity index (χ1n) is 5.64. The van der Waals surface area contributed by atoms with Crippen LogP contribution in [0.4, 0.5) is 0 Å². The van der Waals surface area contributed by atoms with Crippen LogP contribution in [0.25, 0.3) is 0 Å². The van der Waals surface area contributed by atoms with E-state index in [1.54, 1.807) is 0 Å². The molecule has 1 N–H and O–H groups in total. The van der Waals surface area contributed by atoms with Crippen LogP contribution in [-0.4, -0.2) is 24.4 Å². The second kappa shape index (κ2) is 4.86. The van der Waals surface area contributed by atoms with Crippen molar-refractivity contribution < 1.29 is 9.84 Å². The van der Waals surface area contributed by atoms with Gasteiger partial charge in [0.2, 0.25) is 0 Å². The Kier molecular flexibility index (Phi) is 3.67. The highest BCUT2D eigenvalue weighted by molar-refractivity contribution is 9.10. The van der Waals surface area contributed by atoms with Gasteiger partial charge in [-0.15, -0.1) is 0 Å². The third-order valence-corrected chi connectivity index (χ3v) is 4.42. The number of halogens is 1. The molecule has 1 heterocycles. The highest BCUT2D eigenvalue weighted by Crippen LogP contribution is 2.39. The minimum Gasteiger partial charge on any atom is -0.396 e. The zero-order valence-electron chi connectivity index (χ0n) is 9.45. The Morgan fingerprint density at radius 1 is 1.50 bits per heavy atom. The summed E-state index contributed by atoms with van der Waals surface area (Å²) in [6.07, 6.45) is 1.93. The van der Waals surface area contributed by atoms with Crippen LogP contribution in [0.5, 0.6) is 0 Å². The Bertz CT molecular complexity index is 367. The molecule has 0 bridgehead atoms. The van der Waals surface area contributed by atoms with Crippen molar-refractivity contribution in [2.75, 3.05) is 13.2 Å². The van der Waals surface area contributed by atoms with E-state index in [0.717, 1.165) is 23.9 Å². The van der Waals surface area contributed by atoms with Crippen molar-refractivity contribution in [2.24, 2.45) is 5.41 Å². The molecule has 0 aromatic heterocycles. The fraction of sp³-hybridized carbons (Fsp3) is 0.538. The molecule has 1 saturated heterocycles. The van der Waals surface area contributed by atoms with Crippen molar-refractivity contribution in [3.05, 3.63) is 34.3 Å². The second-order valence-corrected chi connectivity index (χ2v) is 5.41. The van der Waals surface area contributed by atoms with Crippen molar-refractivity contribution in [1.29, 1.82) is 0 Å². The van der Waals surface area contributed by atoms with Crippen LogP contribution in [0.3, 0.4) is 0 Å². The van der Waals surface area contributed by atoms with E-state index in [-0.39, 0.29) is 18.1 Å². The molecule has 3 heteroatoms. The Balaban J connectivity index is 2.22. The van der Waals surface area contributed by atoms with Gasteiger partial charge >= 0.3 is 0 Å². The summed E-state index contributed by atoms with van der Waals surface area (Å²) in [5.74, 6) is 0. The summed E-state index contributed by atoms with van der Waals surface area (Å²) in [4.78, 5) is 0. The Hall–Kier alpha value is -0.380. The van der Waals surface area contributed by atoms with E-state index in [2.05, 4.69) is 28.9 Å². The molecule has 0 aliphatic carbocycles. The molecule has 1 aliphatic rings. The molecule has 0 radical (unpaired) electrons. The first-order valence-corrected chi connectivity index (χ1v) is 6.43. The lowest BCUT2D eigenvalue weighted by molar-refractivity contribution is 0.0271. The van der Waals surface area contributed by atoms with Gasteiger partial charge in [0.25, 0.3) is 0 Å². The molecule has 1 fully saturated rings. The molecule has 2 rings (SSSR count). The summed E-state index contributed by atoms with van der Waals surface area (Å²) >= 11 is 3.55. The zero-order chi connectivity index (χ0) is 11.6. The summed E-state index contributed by atoms with van der Waals surface area (Å²) in [5, 5.41) is 9.64. The van der Waals surface area contributed by atoms with Crippen LogP contribution in [0, 0.1) is 5.41 Å². The van der Waals surface area contributed by atoms with Gasteiger partial charge in [0.15, 0.2) is 0 Å². The standard InChI is InChI=1S/C13H17BrO2/c1-10-13(9-15,6-7-16-10)8-11-4-2-3-5-12(11)14/h2-5,10,15H,6-9H2,1H3. The third-order valence-electron chi connectivity index (χ3n) is 3.65. The molecule has 0 amide bonds. The molecule has 2 atom stereocenters. The molecule has 1 aliphatic heterocycles. The van der Waals surface area contributed by atoms with Gasteiger partial charge in [-0.05, 0) is 31.4 Å². The number of benzene rings is 1. The molecule has 16 heavy (non-hydrogen) atoms. The predicted octanol–water partition coefficient (Wildman–Crippen LogP) is 2.78. The summed E-state index contributed by atoms with van der Waals surface area (Å²) in [6.45, 7) is 3.00. The van der Waals surface area contributed by atoms with Crippen LogP contribution >= 0.6 is 15.9 Å². The van der Waals surface area contributed by atoms with E-state index < -0.39 is 0 Å². The predicted molar refractivity (Wildman–Crippen MR) is 67.4 cm³/mol. The van der Waals surface area contributed by atoms with Crippen molar-refractivity contribution in [2.45, 2.75) is 25.9 Å². The topological polar surface area (TPSA) is 29.5 Å². The average Bonchev–Trinajstić information content (AvgIpc) is 2.64. The fourth-order valence-electron chi connectivity index (χ4n) is 2.34. The number of hydrogen-bond donors (Lipinski definition) is 1. The maximum absolute atomic E-state index is 9.64. The molecule has 2 unspecified atom stereocenters. The van der Waals surface area contributed by atoms with Gasteiger partial charge in [0, 0.05) is 16.5 Å². The summed E-state index contributed by atoms with van der Waals surface area (Å²) in [5.41, 5.74) is 1.14. The van der Waals surface area contributed by atoms with E-state index in [4.69, 9.17) is 4.74 Å². The summed E-state index contributed by atoms with van der Waals surface area (Å²) in [7, 11) is 0. The first kappa shape index (κ1) is 12.1. The number of hydrogen-bond acceptors (Lipinski definition) is 2. The Morgan fingerprint density at radius 3 is 2.81 bits per heavy atom. The molecule has 0 spiro atoms. The van der Waals surface area contributed by atoms with Gasteiger partial charge in [-0.25, -0.2) is 0 Å². The number of ether oxygens (including phenoxy) is 1. The van der Waals surface area contributed by atoms with Gasteiger partial charge in [0.1, 0.15) is 0 Å². The van der Waals surface area contributed by atoms with Gasteiger partial charge < -0.3 is 9.84 Å². The normalized spacial score (nSPS) is 29.6. The molecule has 0 saturated carbocycles. The van der Waals surface area contributed by atoms with Gasteiger partial charge in [-0.3, -0.25) is 0 Å². The quantitative estimate of drug-likeness (QED) is 0.925. The van der Waals surface area contributed by atoms with E-state index in [0.29, 0.717) is 0 Å². The second-order valence-electron chi connectivity index (χ2n) is 4.55. The third kappa shape index (κ3) is 2.17. The number of rotatable bonds is 3. The lowest BCUT2D eigenvalue weighted by atomic mass is 9.77. The largest absolute Gasteiger partial charge is 0.396 e. The SMILES string of the molecule is CC1OCCC1(CO)Cc1ccccc1Br. The van der Waals surface area contributed by atoms with E-state index in [1.165, 1.54) is 5.56 Å². The highest BCUT2D eigenvalue weighted by atomic mass is 79.9. The van der Waals surface area contributed by atoms with Crippen LogP contribution in [-0.2, 0) is 11.2 Å². The molecular formula is C13H17BrO2. The smallest absolute Gasteiger partial charge is 0.0629 e. The minimum atomic E-state index is -0.107. The zero-order valence-corrected chi connectivity index (χ0v) is 11.0. The average molecular weight is 285 g/mol. The lowest BCUT2D eigenvalue weighted by Crippen LogP contribution is -2.35. The number of aliphatic hydroxyl groups is 1. The Morgan fingerprint density at radius 2 is 2.25 bits per heavy atom. The van der Waals surface area contributed by atoms with Crippen LogP contribution in [0.2, 0.25) is 0 Å². The van der Waals surface area contributed by atoms with Crippen LogP contribution < -0.4 is 0 Å². The van der Waals surface area contributed by atoms with Crippen molar-refractivity contribution in [1.82, 2.24) is 0 Å². The van der Waals surface area contributed by atoms with E-state index >= 15 is 0 Å². The van der Waals surface area contributed by atoms with Crippen molar-refractivity contribution in [3.63, 3.8) is 0 Å². The Labute approximate surface area is 105 Å². The molecule has 2 nitrogen and oxygen atoms in total. The molecule has 1 aromatic carbocycles. The lowest BCUT2D eigenvalue weighted by Gasteiger charge is -2.30. The van der Waals surface area contributed by atoms with Gasteiger partial charge in [-0.1, -0.05) is 34.1 Å². The summed E-state index contributed by atoms with van der Waals surface area (Å²) in [6, 6.07) is 8.19. The minimum absolute atomic E-state index is 0.107. The molecule has 1 aromatic rings. The van der Waals surface area contributed by atoms with Gasteiger partial charge in [-0.2, -0.15) is 0 Å². The van der Waals surface area contributed by atoms with Gasteiger partial charge in [0.05, 0.1) is 12.7 Å². The summed E-state index contributed by atoms with van der Waals surface area (Å²) < 4.78 is 6.71. The van der Waals surface area contributed by atoms with Crippen molar-refractivity contribution >= 4 is 15.9 Å². The maximum atomic E-state index is 9.64. The van der Waals surface area contributed by atoms with Crippen molar-refractivity contribution in [3.8, 4) is 0 Å². The molecular weight excluding hydrogens is 268 g/mol.